The summed E-state index contributed by atoms with van der Waals surface area (Å²) in [4.78, 5) is 4.38. The van der Waals surface area contributed by atoms with Crippen LogP contribution in [0.15, 0.2) is 23.7 Å². The number of thiophene rings is 1. The molecule has 7 heteroatoms. The van der Waals surface area contributed by atoms with Gasteiger partial charge in [0.05, 0.1) is 16.0 Å². The molecule has 2 N–H and O–H groups in total. The zero-order valence-corrected chi connectivity index (χ0v) is 12.5. The van der Waals surface area contributed by atoms with Gasteiger partial charge in [0, 0.05) is 18.8 Å². The molecule has 0 saturated carbocycles. The summed E-state index contributed by atoms with van der Waals surface area (Å²) in [6, 6.07) is 4.16. The van der Waals surface area contributed by atoms with Crippen molar-refractivity contribution in [2.75, 3.05) is 19.3 Å². The molecule has 0 fully saturated rings. The molecular weight excluding hydrogens is 282 g/mol. The van der Waals surface area contributed by atoms with Gasteiger partial charge in [0.2, 0.25) is 10.0 Å². The highest BCUT2D eigenvalue weighted by molar-refractivity contribution is 7.89. The lowest BCUT2D eigenvalue weighted by molar-refractivity contribution is 0.566. The number of hydrogen-bond donors (Lipinski definition) is 2. The molecule has 19 heavy (non-hydrogen) atoms. The normalized spacial score (nSPS) is 13.8. The van der Waals surface area contributed by atoms with E-state index in [2.05, 4.69) is 21.1 Å². The Labute approximate surface area is 117 Å². The molecule has 0 radical (unpaired) electrons. The minimum atomic E-state index is -3.15. The van der Waals surface area contributed by atoms with Crippen molar-refractivity contribution in [2.24, 2.45) is 0 Å². The van der Waals surface area contributed by atoms with Crippen molar-refractivity contribution in [3.05, 3.63) is 29.3 Å². The van der Waals surface area contributed by atoms with Gasteiger partial charge < -0.3 is 5.32 Å². The summed E-state index contributed by atoms with van der Waals surface area (Å²) in [6.07, 6.45) is 1.83. The highest BCUT2D eigenvalue weighted by atomic mass is 32.2. The lowest BCUT2D eigenvalue weighted by Gasteiger charge is -2.13. The largest absolute Gasteiger partial charge is 0.309 e. The highest BCUT2D eigenvalue weighted by Crippen LogP contribution is 2.22. The SMILES string of the molecule is CNS(=O)(=O)CCNC(C)c1cnc2ccsc2c1. The van der Waals surface area contributed by atoms with Crippen LogP contribution in [0.3, 0.4) is 0 Å². The summed E-state index contributed by atoms with van der Waals surface area (Å²) in [7, 11) is -1.73. The molecule has 2 rings (SSSR count). The van der Waals surface area contributed by atoms with Crippen molar-refractivity contribution in [3.63, 3.8) is 0 Å². The van der Waals surface area contributed by atoms with Crippen LogP contribution in [0.2, 0.25) is 0 Å². The van der Waals surface area contributed by atoms with Crippen molar-refractivity contribution >= 4 is 31.6 Å². The van der Waals surface area contributed by atoms with Crippen LogP contribution >= 0.6 is 11.3 Å². The molecule has 0 saturated heterocycles. The Morgan fingerprint density at radius 3 is 3.00 bits per heavy atom. The number of pyridine rings is 1. The van der Waals surface area contributed by atoms with Crippen molar-refractivity contribution in [3.8, 4) is 0 Å². The zero-order valence-electron chi connectivity index (χ0n) is 10.9. The molecule has 0 aliphatic heterocycles. The second-order valence-electron chi connectivity index (χ2n) is 4.27. The molecule has 2 heterocycles. The summed E-state index contributed by atoms with van der Waals surface area (Å²) < 4.78 is 26.0. The highest BCUT2D eigenvalue weighted by Gasteiger charge is 2.10. The van der Waals surface area contributed by atoms with E-state index in [1.54, 1.807) is 11.3 Å². The fourth-order valence-corrected chi connectivity index (χ4v) is 3.11. The molecule has 5 nitrogen and oxygen atoms in total. The number of nitrogens with zero attached hydrogens (tertiary/aromatic N) is 1. The summed E-state index contributed by atoms with van der Waals surface area (Å²) in [5.74, 6) is 0.0719. The van der Waals surface area contributed by atoms with Crippen molar-refractivity contribution in [1.29, 1.82) is 0 Å². The quantitative estimate of drug-likeness (QED) is 0.848. The fraction of sp³-hybridized carbons (Fsp3) is 0.417. The minimum Gasteiger partial charge on any atom is -0.309 e. The van der Waals surface area contributed by atoms with E-state index in [9.17, 15) is 8.42 Å². The first-order valence-corrected chi connectivity index (χ1v) is 8.53. The van der Waals surface area contributed by atoms with Crippen LogP contribution in [-0.4, -0.2) is 32.7 Å². The predicted octanol–water partition coefficient (Wildman–Crippen LogP) is 1.50. The summed E-state index contributed by atoms with van der Waals surface area (Å²) >= 11 is 1.65. The van der Waals surface area contributed by atoms with Gasteiger partial charge in [0.1, 0.15) is 0 Å². The maximum Gasteiger partial charge on any atom is 0.212 e. The number of nitrogens with one attached hydrogen (secondary N) is 2. The smallest absolute Gasteiger partial charge is 0.212 e. The van der Waals surface area contributed by atoms with E-state index in [1.807, 2.05) is 24.6 Å². The van der Waals surface area contributed by atoms with E-state index in [-0.39, 0.29) is 11.8 Å². The maximum absolute atomic E-state index is 11.3. The maximum atomic E-state index is 11.3. The van der Waals surface area contributed by atoms with Crippen LogP contribution in [0.1, 0.15) is 18.5 Å². The fourth-order valence-electron chi connectivity index (χ4n) is 1.73. The van der Waals surface area contributed by atoms with Crippen molar-refractivity contribution < 1.29 is 8.42 Å². The lowest BCUT2D eigenvalue weighted by Crippen LogP contribution is -2.30. The average molecular weight is 299 g/mol. The Kier molecular flexibility index (Phi) is 4.51. The van der Waals surface area contributed by atoms with Crippen LogP contribution in [0, 0.1) is 0 Å². The molecule has 104 valence electrons. The number of hydrogen-bond acceptors (Lipinski definition) is 5. The number of sulfonamides is 1. The average Bonchev–Trinajstić information content (AvgIpc) is 2.85. The van der Waals surface area contributed by atoms with Crippen LogP contribution in [0.4, 0.5) is 0 Å². The molecule has 1 atom stereocenters. The third kappa shape index (κ3) is 3.73. The van der Waals surface area contributed by atoms with Crippen LogP contribution in [-0.2, 0) is 10.0 Å². The summed E-state index contributed by atoms with van der Waals surface area (Å²) in [5.41, 5.74) is 2.07. The lowest BCUT2D eigenvalue weighted by atomic mass is 10.1. The molecule has 0 amide bonds. The predicted molar refractivity (Wildman–Crippen MR) is 78.9 cm³/mol. The van der Waals surface area contributed by atoms with E-state index < -0.39 is 10.0 Å². The Hall–Kier alpha value is -1.02. The zero-order chi connectivity index (χ0) is 13.9. The monoisotopic (exact) mass is 299 g/mol. The number of aromatic nitrogens is 1. The summed E-state index contributed by atoms with van der Waals surface area (Å²) in [5, 5.41) is 5.20. The van der Waals surface area contributed by atoms with Crippen LogP contribution < -0.4 is 10.0 Å². The Balaban J connectivity index is 1.97. The Morgan fingerprint density at radius 1 is 1.47 bits per heavy atom. The molecule has 0 spiro atoms. The molecule has 0 aliphatic carbocycles. The van der Waals surface area contributed by atoms with E-state index >= 15 is 0 Å². The van der Waals surface area contributed by atoms with Crippen molar-refractivity contribution in [2.45, 2.75) is 13.0 Å². The van der Waals surface area contributed by atoms with E-state index in [4.69, 9.17) is 0 Å². The topological polar surface area (TPSA) is 71.1 Å². The van der Waals surface area contributed by atoms with Crippen LogP contribution in [0.25, 0.3) is 10.2 Å². The number of fused-ring (bicyclic) bond motifs is 1. The molecule has 0 aromatic carbocycles. The molecule has 0 bridgehead atoms. The van der Waals surface area contributed by atoms with Crippen LogP contribution in [0.5, 0.6) is 0 Å². The Bertz CT molecular complexity index is 652. The van der Waals surface area contributed by atoms with Gasteiger partial charge in [0.15, 0.2) is 0 Å². The first-order valence-electron chi connectivity index (χ1n) is 5.99. The van der Waals surface area contributed by atoms with Gasteiger partial charge in [-0.25, -0.2) is 13.1 Å². The van der Waals surface area contributed by atoms with Gasteiger partial charge in [0.25, 0.3) is 0 Å². The van der Waals surface area contributed by atoms with E-state index in [1.165, 1.54) is 7.05 Å². The van der Waals surface area contributed by atoms with E-state index in [0.29, 0.717) is 6.54 Å². The third-order valence-electron chi connectivity index (χ3n) is 2.96. The van der Waals surface area contributed by atoms with E-state index in [0.717, 1.165) is 15.8 Å². The standard InChI is InChI=1S/C12H17N3O2S2/c1-9(14-4-6-19(16,17)13-2)10-7-12-11(15-8-10)3-5-18-12/h3,5,7-9,13-14H,4,6H2,1-2H3. The molecule has 1 unspecified atom stereocenters. The van der Waals surface area contributed by atoms with Gasteiger partial charge in [-0.3, -0.25) is 4.98 Å². The van der Waals surface area contributed by atoms with Gasteiger partial charge in [-0.05, 0) is 37.0 Å². The second-order valence-corrected chi connectivity index (χ2v) is 7.27. The van der Waals surface area contributed by atoms with Gasteiger partial charge in [-0.1, -0.05) is 0 Å². The molecular formula is C12H17N3O2S2. The first-order chi connectivity index (χ1) is 9.02. The first kappa shape index (κ1) is 14.4. The molecule has 2 aromatic heterocycles. The molecule has 0 aliphatic rings. The minimum absolute atomic E-state index is 0.0719. The van der Waals surface area contributed by atoms with Gasteiger partial charge in [-0.2, -0.15) is 0 Å². The third-order valence-corrected chi connectivity index (χ3v) is 5.17. The molecule has 2 aromatic rings. The second kappa shape index (κ2) is 5.96. The summed E-state index contributed by atoms with van der Waals surface area (Å²) in [6.45, 7) is 2.41. The van der Waals surface area contributed by atoms with Crippen molar-refractivity contribution in [1.82, 2.24) is 15.0 Å². The van der Waals surface area contributed by atoms with Gasteiger partial charge in [-0.15, -0.1) is 11.3 Å². The van der Waals surface area contributed by atoms with Gasteiger partial charge >= 0.3 is 0 Å². The number of rotatable bonds is 6. The Morgan fingerprint density at radius 2 is 2.26 bits per heavy atom.